The molecule has 1 atom stereocenters. The van der Waals surface area contributed by atoms with Crippen molar-refractivity contribution in [2.45, 2.75) is 25.9 Å². The van der Waals surface area contributed by atoms with Gasteiger partial charge in [0.15, 0.2) is 0 Å². The van der Waals surface area contributed by atoms with Gasteiger partial charge in [-0.05, 0) is 30.7 Å². The van der Waals surface area contributed by atoms with Gasteiger partial charge in [0.2, 0.25) is 0 Å². The summed E-state index contributed by atoms with van der Waals surface area (Å²) in [6.07, 6.45) is 0.0220. The molecule has 2 aromatic carbocycles. The van der Waals surface area contributed by atoms with Gasteiger partial charge in [-0.25, -0.2) is 4.79 Å². The predicted octanol–water partition coefficient (Wildman–Crippen LogP) is 2.45. The monoisotopic (exact) mass is 364 g/mol. The van der Waals surface area contributed by atoms with Gasteiger partial charge in [-0.1, -0.05) is 36.4 Å². The zero-order chi connectivity index (χ0) is 19.4. The van der Waals surface area contributed by atoms with E-state index in [1.165, 1.54) is 6.07 Å². The fourth-order valence-corrected chi connectivity index (χ4v) is 3.15. The van der Waals surface area contributed by atoms with E-state index in [-0.39, 0.29) is 12.0 Å². The number of carbonyl (C=O) groups is 2. The fourth-order valence-electron chi connectivity index (χ4n) is 3.15. The van der Waals surface area contributed by atoms with Gasteiger partial charge in [-0.3, -0.25) is 9.59 Å². The third-order valence-corrected chi connectivity index (χ3v) is 4.48. The van der Waals surface area contributed by atoms with Crippen molar-refractivity contribution in [3.63, 3.8) is 0 Å². The molecular weight excluding hydrogens is 344 g/mol. The number of nitrogens with one attached hydrogen (secondary N) is 1. The minimum Gasteiger partial charge on any atom is -0.480 e. The summed E-state index contributed by atoms with van der Waals surface area (Å²) in [7, 11) is 0. The highest BCUT2D eigenvalue weighted by Gasteiger charge is 2.22. The van der Waals surface area contributed by atoms with Crippen LogP contribution in [0.15, 0.2) is 65.5 Å². The molecule has 0 aliphatic heterocycles. The van der Waals surface area contributed by atoms with E-state index in [0.29, 0.717) is 17.7 Å². The van der Waals surface area contributed by atoms with Gasteiger partial charge in [0.1, 0.15) is 6.04 Å². The molecule has 138 valence electrons. The first-order valence-corrected chi connectivity index (χ1v) is 8.71. The van der Waals surface area contributed by atoms with Crippen LogP contribution in [-0.4, -0.2) is 27.6 Å². The lowest BCUT2D eigenvalue weighted by Gasteiger charge is -2.17. The van der Waals surface area contributed by atoms with Crippen molar-refractivity contribution in [3.8, 4) is 0 Å². The number of hydrogen-bond acceptors (Lipinski definition) is 3. The number of amides is 1. The first kappa shape index (κ1) is 18.4. The molecule has 2 N–H and O–H groups in total. The van der Waals surface area contributed by atoms with Crippen LogP contribution in [0.1, 0.15) is 22.8 Å². The molecule has 1 aromatic heterocycles. The summed E-state index contributed by atoms with van der Waals surface area (Å²) in [5, 5.41) is 12.9. The minimum absolute atomic E-state index is 0.0220. The number of fused-ring (bicyclic) bond motifs is 1. The number of aromatic nitrogens is 1. The topological polar surface area (TPSA) is 88.4 Å². The highest BCUT2D eigenvalue weighted by molar-refractivity contribution is 5.96. The Kier molecular flexibility index (Phi) is 5.35. The van der Waals surface area contributed by atoms with Crippen LogP contribution in [0.5, 0.6) is 0 Å². The summed E-state index contributed by atoms with van der Waals surface area (Å²) in [6, 6.07) is 16.1. The number of pyridine rings is 1. The molecule has 6 heteroatoms. The lowest BCUT2D eigenvalue weighted by molar-refractivity contribution is -0.139. The second kappa shape index (κ2) is 7.86. The van der Waals surface area contributed by atoms with Crippen molar-refractivity contribution in [2.75, 3.05) is 0 Å². The van der Waals surface area contributed by atoms with E-state index in [4.69, 9.17) is 0 Å². The van der Waals surface area contributed by atoms with Gasteiger partial charge < -0.3 is 15.0 Å². The number of aryl methyl sites for hydroxylation is 1. The molecule has 0 radical (unpaired) electrons. The maximum absolute atomic E-state index is 12.4. The highest BCUT2D eigenvalue weighted by atomic mass is 16.4. The van der Waals surface area contributed by atoms with Gasteiger partial charge in [0, 0.05) is 30.0 Å². The van der Waals surface area contributed by atoms with E-state index in [1.807, 2.05) is 31.2 Å². The third-order valence-electron chi connectivity index (χ3n) is 4.48. The average molecular weight is 364 g/mol. The van der Waals surface area contributed by atoms with Crippen molar-refractivity contribution in [1.29, 1.82) is 0 Å². The SMILES string of the molecule is CCn1c(=O)cc(CC(NC(=O)c2ccccc2)C(=O)O)c2ccccc21. The Morgan fingerprint density at radius 2 is 1.74 bits per heavy atom. The predicted molar refractivity (Wildman–Crippen MR) is 103 cm³/mol. The summed E-state index contributed by atoms with van der Waals surface area (Å²) in [4.78, 5) is 36.5. The van der Waals surface area contributed by atoms with E-state index in [9.17, 15) is 19.5 Å². The van der Waals surface area contributed by atoms with Crippen LogP contribution in [0.2, 0.25) is 0 Å². The summed E-state index contributed by atoms with van der Waals surface area (Å²) < 4.78 is 1.64. The largest absolute Gasteiger partial charge is 0.480 e. The molecule has 0 aliphatic carbocycles. The molecule has 0 saturated heterocycles. The zero-order valence-electron chi connectivity index (χ0n) is 14.9. The Hall–Kier alpha value is -3.41. The van der Waals surface area contributed by atoms with E-state index < -0.39 is 17.9 Å². The van der Waals surface area contributed by atoms with Crippen LogP contribution >= 0.6 is 0 Å². The fraction of sp³-hybridized carbons (Fsp3) is 0.190. The summed E-state index contributed by atoms with van der Waals surface area (Å²) >= 11 is 0. The number of nitrogens with zero attached hydrogens (tertiary/aromatic N) is 1. The van der Waals surface area contributed by atoms with Crippen LogP contribution in [-0.2, 0) is 17.8 Å². The molecule has 1 amide bonds. The maximum Gasteiger partial charge on any atom is 0.326 e. The van der Waals surface area contributed by atoms with Crippen molar-refractivity contribution in [2.24, 2.45) is 0 Å². The van der Waals surface area contributed by atoms with E-state index in [2.05, 4.69) is 5.32 Å². The van der Waals surface area contributed by atoms with Crippen LogP contribution in [0, 0.1) is 0 Å². The lowest BCUT2D eigenvalue weighted by Crippen LogP contribution is -2.42. The Labute approximate surface area is 156 Å². The smallest absolute Gasteiger partial charge is 0.326 e. The second-order valence-corrected chi connectivity index (χ2v) is 6.20. The Bertz CT molecular complexity index is 1040. The van der Waals surface area contributed by atoms with Gasteiger partial charge >= 0.3 is 5.97 Å². The highest BCUT2D eigenvalue weighted by Crippen LogP contribution is 2.18. The summed E-state index contributed by atoms with van der Waals surface area (Å²) in [5.41, 5.74) is 1.54. The van der Waals surface area contributed by atoms with Crippen molar-refractivity contribution >= 4 is 22.8 Å². The standard InChI is InChI=1S/C21H20N2O4/c1-2-23-18-11-7-6-10-16(18)15(13-19(23)24)12-17(21(26)27)22-20(25)14-8-4-3-5-9-14/h3-11,13,17H,2,12H2,1H3,(H,22,25)(H,26,27). The molecule has 3 rings (SSSR count). The van der Waals surface area contributed by atoms with Gasteiger partial charge in [0.25, 0.3) is 11.5 Å². The van der Waals surface area contributed by atoms with Crippen molar-refractivity contribution in [3.05, 3.63) is 82.1 Å². The molecule has 6 nitrogen and oxygen atoms in total. The normalized spacial score (nSPS) is 11.9. The number of rotatable bonds is 6. The first-order valence-electron chi connectivity index (χ1n) is 8.71. The van der Waals surface area contributed by atoms with Crippen molar-refractivity contribution in [1.82, 2.24) is 9.88 Å². The number of carboxylic acid groups (broad SMARTS) is 1. The lowest BCUT2D eigenvalue weighted by atomic mass is 10.0. The Morgan fingerprint density at radius 1 is 1.07 bits per heavy atom. The molecule has 0 spiro atoms. The summed E-state index contributed by atoms with van der Waals surface area (Å²) in [6.45, 7) is 2.40. The average Bonchev–Trinajstić information content (AvgIpc) is 2.68. The van der Waals surface area contributed by atoms with E-state index >= 15 is 0 Å². The second-order valence-electron chi connectivity index (χ2n) is 6.20. The quantitative estimate of drug-likeness (QED) is 0.703. The molecule has 1 heterocycles. The van der Waals surface area contributed by atoms with Crippen LogP contribution in [0.4, 0.5) is 0 Å². The molecule has 1 unspecified atom stereocenters. The number of hydrogen-bond donors (Lipinski definition) is 2. The third kappa shape index (κ3) is 3.89. The summed E-state index contributed by atoms with van der Waals surface area (Å²) in [5.74, 6) is -1.61. The molecule has 0 saturated carbocycles. The zero-order valence-corrected chi connectivity index (χ0v) is 14.9. The van der Waals surface area contributed by atoms with Crippen LogP contribution < -0.4 is 10.9 Å². The minimum atomic E-state index is -1.15. The molecule has 3 aromatic rings. The van der Waals surface area contributed by atoms with E-state index in [0.717, 1.165) is 10.9 Å². The van der Waals surface area contributed by atoms with Gasteiger partial charge in [-0.15, -0.1) is 0 Å². The molecular formula is C21H20N2O4. The van der Waals surface area contributed by atoms with Gasteiger partial charge in [0.05, 0.1) is 5.52 Å². The Balaban J connectivity index is 1.95. The Morgan fingerprint density at radius 3 is 2.41 bits per heavy atom. The van der Waals surface area contributed by atoms with Crippen LogP contribution in [0.25, 0.3) is 10.9 Å². The first-order chi connectivity index (χ1) is 13.0. The van der Waals surface area contributed by atoms with Crippen molar-refractivity contribution < 1.29 is 14.7 Å². The van der Waals surface area contributed by atoms with Gasteiger partial charge in [-0.2, -0.15) is 0 Å². The number of para-hydroxylation sites is 1. The molecule has 27 heavy (non-hydrogen) atoms. The number of benzene rings is 2. The number of aliphatic carboxylic acids is 1. The molecule has 0 aliphatic rings. The number of carboxylic acids is 1. The van der Waals surface area contributed by atoms with Crippen LogP contribution in [0.3, 0.4) is 0 Å². The maximum atomic E-state index is 12.4. The van der Waals surface area contributed by atoms with E-state index in [1.54, 1.807) is 34.9 Å². The molecule has 0 bridgehead atoms. The number of carbonyl (C=O) groups excluding carboxylic acids is 1. The molecule has 0 fully saturated rings.